The monoisotopic (exact) mass is 255 g/mol. The fraction of sp³-hybridized carbons (Fsp3) is 0.929. The molecule has 4 heteroatoms. The predicted octanol–water partition coefficient (Wildman–Crippen LogP) is 2.02. The van der Waals surface area contributed by atoms with Gasteiger partial charge in [0.15, 0.2) is 0 Å². The van der Waals surface area contributed by atoms with Crippen LogP contribution in [0.4, 0.5) is 0 Å². The summed E-state index contributed by atoms with van der Waals surface area (Å²) < 4.78 is 5.51. The summed E-state index contributed by atoms with van der Waals surface area (Å²) in [7, 11) is 3.96. The number of hydrogen-bond acceptors (Lipinski definition) is 4. The molecule has 0 bridgehead atoms. The number of nitrogens with one attached hydrogen (secondary N) is 1. The molecule has 0 aromatic carbocycles. The fourth-order valence-corrected chi connectivity index (χ4v) is 1.65. The summed E-state index contributed by atoms with van der Waals surface area (Å²) in [5.41, 5.74) is -0.376. The average molecular weight is 255 g/mol. The fourth-order valence-electron chi connectivity index (χ4n) is 1.65. The lowest BCUT2D eigenvalue weighted by atomic mass is 9.97. The van der Waals surface area contributed by atoms with Gasteiger partial charge in [-0.05, 0) is 60.7 Å². The predicted molar refractivity (Wildman–Crippen MR) is 75.5 cm³/mol. The maximum atomic E-state index is 9.02. The normalized spacial score (nSPS) is 14.8. The number of nitriles is 1. The van der Waals surface area contributed by atoms with E-state index in [1.165, 1.54) is 0 Å². The van der Waals surface area contributed by atoms with Crippen molar-refractivity contribution < 1.29 is 4.74 Å². The van der Waals surface area contributed by atoms with Gasteiger partial charge in [0.25, 0.3) is 0 Å². The first kappa shape index (κ1) is 17.4. The van der Waals surface area contributed by atoms with Crippen molar-refractivity contribution in [3.8, 4) is 6.07 Å². The molecule has 0 aliphatic heterocycles. The standard InChI is InChI=1S/C14H29N3O/c1-13(2)18-11-10-17(5)9-7-6-8-14(3,12-15)16-4/h13,16H,6-11H2,1-5H3. The third-order valence-electron chi connectivity index (χ3n) is 3.19. The van der Waals surface area contributed by atoms with Crippen LogP contribution in [0.3, 0.4) is 0 Å². The Balaban J connectivity index is 3.57. The zero-order valence-corrected chi connectivity index (χ0v) is 12.6. The number of unbranched alkanes of at least 4 members (excludes halogenated alkanes) is 1. The number of ether oxygens (including phenoxy) is 1. The summed E-state index contributed by atoms with van der Waals surface area (Å²) in [6.07, 6.45) is 3.40. The van der Waals surface area contributed by atoms with Gasteiger partial charge in [-0.25, -0.2) is 0 Å². The van der Waals surface area contributed by atoms with Gasteiger partial charge in [-0.1, -0.05) is 0 Å². The minimum absolute atomic E-state index is 0.311. The van der Waals surface area contributed by atoms with Crippen LogP contribution in [0.1, 0.15) is 40.0 Å². The van der Waals surface area contributed by atoms with Gasteiger partial charge in [0.1, 0.15) is 5.54 Å². The lowest BCUT2D eigenvalue weighted by molar-refractivity contribution is 0.0635. The third kappa shape index (κ3) is 8.46. The molecule has 0 amide bonds. The highest BCUT2D eigenvalue weighted by atomic mass is 16.5. The molecule has 0 fully saturated rings. The van der Waals surface area contributed by atoms with Gasteiger partial charge in [-0.2, -0.15) is 5.26 Å². The average Bonchev–Trinajstić information content (AvgIpc) is 2.34. The molecule has 0 heterocycles. The molecule has 0 aliphatic carbocycles. The third-order valence-corrected chi connectivity index (χ3v) is 3.19. The Kier molecular flexibility index (Phi) is 8.99. The second-order valence-electron chi connectivity index (χ2n) is 5.37. The van der Waals surface area contributed by atoms with Crippen LogP contribution in [-0.2, 0) is 4.74 Å². The molecule has 0 saturated heterocycles. The summed E-state index contributed by atoms with van der Waals surface area (Å²) >= 11 is 0. The number of rotatable bonds is 10. The Morgan fingerprint density at radius 2 is 2.00 bits per heavy atom. The van der Waals surface area contributed by atoms with Crippen molar-refractivity contribution in [1.82, 2.24) is 10.2 Å². The number of likely N-dealkylation sites (N-methyl/N-ethyl adjacent to an activating group) is 1. The second-order valence-corrected chi connectivity index (χ2v) is 5.37. The van der Waals surface area contributed by atoms with Gasteiger partial charge in [-0.15, -0.1) is 0 Å². The molecule has 106 valence electrons. The van der Waals surface area contributed by atoms with Crippen molar-refractivity contribution in [2.45, 2.75) is 51.7 Å². The molecule has 4 nitrogen and oxygen atoms in total. The Morgan fingerprint density at radius 1 is 1.33 bits per heavy atom. The van der Waals surface area contributed by atoms with Crippen LogP contribution in [0.15, 0.2) is 0 Å². The molecule has 0 aromatic heterocycles. The van der Waals surface area contributed by atoms with E-state index in [4.69, 9.17) is 10.00 Å². The number of nitrogens with zero attached hydrogens (tertiary/aromatic N) is 2. The number of hydrogen-bond donors (Lipinski definition) is 1. The lowest BCUT2D eigenvalue weighted by Crippen LogP contribution is -2.38. The molecule has 0 saturated carbocycles. The van der Waals surface area contributed by atoms with Gasteiger partial charge >= 0.3 is 0 Å². The lowest BCUT2D eigenvalue weighted by Gasteiger charge is -2.21. The van der Waals surface area contributed by atoms with Crippen molar-refractivity contribution >= 4 is 0 Å². The quantitative estimate of drug-likeness (QED) is 0.607. The molecule has 0 rings (SSSR count). The smallest absolute Gasteiger partial charge is 0.103 e. The molecule has 18 heavy (non-hydrogen) atoms. The Bertz CT molecular complexity index is 250. The first-order chi connectivity index (χ1) is 8.43. The van der Waals surface area contributed by atoms with Crippen molar-refractivity contribution in [2.24, 2.45) is 0 Å². The maximum absolute atomic E-state index is 9.02. The molecule has 0 spiro atoms. The van der Waals surface area contributed by atoms with E-state index in [0.717, 1.165) is 39.0 Å². The SMILES string of the molecule is CNC(C)(C#N)CCCCN(C)CCOC(C)C. The summed E-state index contributed by atoms with van der Waals surface area (Å²) in [5.74, 6) is 0. The van der Waals surface area contributed by atoms with Crippen molar-refractivity contribution in [3.05, 3.63) is 0 Å². The Morgan fingerprint density at radius 3 is 2.50 bits per heavy atom. The van der Waals surface area contributed by atoms with Crippen LogP contribution in [0, 0.1) is 11.3 Å². The van der Waals surface area contributed by atoms with Gasteiger partial charge in [0.2, 0.25) is 0 Å². The van der Waals surface area contributed by atoms with Crippen molar-refractivity contribution in [1.29, 1.82) is 5.26 Å². The molecule has 1 N–H and O–H groups in total. The first-order valence-corrected chi connectivity index (χ1v) is 6.84. The van der Waals surface area contributed by atoms with Gasteiger partial charge in [0.05, 0.1) is 18.8 Å². The van der Waals surface area contributed by atoms with E-state index in [0.29, 0.717) is 6.10 Å². The van der Waals surface area contributed by atoms with Crippen LogP contribution in [-0.4, -0.2) is 50.3 Å². The summed E-state index contributed by atoms with van der Waals surface area (Å²) in [6.45, 7) is 8.89. The van der Waals surface area contributed by atoms with Crippen molar-refractivity contribution in [3.63, 3.8) is 0 Å². The largest absolute Gasteiger partial charge is 0.377 e. The minimum Gasteiger partial charge on any atom is -0.377 e. The van der Waals surface area contributed by atoms with E-state index in [-0.39, 0.29) is 5.54 Å². The summed E-state index contributed by atoms with van der Waals surface area (Å²) in [5, 5.41) is 12.1. The van der Waals surface area contributed by atoms with E-state index >= 15 is 0 Å². The minimum atomic E-state index is -0.376. The van der Waals surface area contributed by atoms with E-state index < -0.39 is 0 Å². The highest BCUT2D eigenvalue weighted by Crippen LogP contribution is 2.12. The van der Waals surface area contributed by atoms with Crippen LogP contribution < -0.4 is 5.32 Å². The maximum Gasteiger partial charge on any atom is 0.103 e. The van der Waals surface area contributed by atoms with Crippen LogP contribution in [0.2, 0.25) is 0 Å². The van der Waals surface area contributed by atoms with Gasteiger partial charge < -0.3 is 15.0 Å². The zero-order valence-electron chi connectivity index (χ0n) is 12.6. The Hall–Kier alpha value is -0.630. The summed E-state index contributed by atoms with van der Waals surface area (Å²) in [6, 6.07) is 2.32. The van der Waals surface area contributed by atoms with Crippen LogP contribution >= 0.6 is 0 Å². The van der Waals surface area contributed by atoms with E-state index in [2.05, 4.69) is 37.2 Å². The molecular weight excluding hydrogens is 226 g/mol. The molecule has 1 unspecified atom stereocenters. The van der Waals surface area contributed by atoms with E-state index in [1.54, 1.807) is 0 Å². The van der Waals surface area contributed by atoms with Gasteiger partial charge in [-0.3, -0.25) is 0 Å². The molecule has 0 aliphatic rings. The first-order valence-electron chi connectivity index (χ1n) is 6.84. The highest BCUT2D eigenvalue weighted by Gasteiger charge is 2.19. The molecule has 1 atom stereocenters. The molecular formula is C14H29N3O. The summed E-state index contributed by atoms with van der Waals surface area (Å²) in [4.78, 5) is 2.28. The van der Waals surface area contributed by atoms with E-state index in [9.17, 15) is 0 Å². The van der Waals surface area contributed by atoms with Crippen LogP contribution in [0.5, 0.6) is 0 Å². The zero-order chi connectivity index (χ0) is 14.0. The van der Waals surface area contributed by atoms with Crippen molar-refractivity contribution in [2.75, 3.05) is 33.8 Å². The Labute approximate surface area is 112 Å². The van der Waals surface area contributed by atoms with Gasteiger partial charge in [0, 0.05) is 6.54 Å². The highest BCUT2D eigenvalue weighted by molar-refractivity contribution is 5.02. The van der Waals surface area contributed by atoms with Crippen LogP contribution in [0.25, 0.3) is 0 Å². The molecule has 0 radical (unpaired) electrons. The van der Waals surface area contributed by atoms with E-state index in [1.807, 2.05) is 14.0 Å². The second kappa shape index (κ2) is 9.32. The topological polar surface area (TPSA) is 48.3 Å². The molecule has 0 aromatic rings.